The maximum absolute atomic E-state index is 12.8. The molecular formula is C19H24N2O5S. The van der Waals surface area contributed by atoms with Crippen LogP contribution in [0.15, 0.2) is 42.5 Å². The highest BCUT2D eigenvalue weighted by atomic mass is 32.2. The van der Waals surface area contributed by atoms with Crippen LogP contribution < -0.4 is 19.1 Å². The number of methoxy groups -OCH3 is 2. The predicted molar refractivity (Wildman–Crippen MR) is 105 cm³/mol. The van der Waals surface area contributed by atoms with Crippen molar-refractivity contribution in [2.45, 2.75) is 13.0 Å². The number of nitrogens with zero attached hydrogens (tertiary/aromatic N) is 1. The number of ether oxygens (including phenoxy) is 2. The Labute approximate surface area is 160 Å². The van der Waals surface area contributed by atoms with Gasteiger partial charge in [-0.25, -0.2) is 8.42 Å². The standard InChI is InChI=1S/C19H24N2O5S/c1-13(14-6-9-16(25-3)10-7-14)20-19(22)17-12-15(8-11-18(17)26-4)21(2)27(5,23)24/h6-13H,1-5H3,(H,20,22)/t13-/m0/s1. The quantitative estimate of drug-likeness (QED) is 0.783. The van der Waals surface area contributed by atoms with Crippen LogP contribution in [0.2, 0.25) is 0 Å². The third-order valence-electron chi connectivity index (χ3n) is 4.25. The van der Waals surface area contributed by atoms with E-state index in [1.807, 2.05) is 31.2 Å². The van der Waals surface area contributed by atoms with Gasteiger partial charge in [0.1, 0.15) is 11.5 Å². The minimum absolute atomic E-state index is 0.255. The van der Waals surface area contributed by atoms with E-state index in [1.54, 1.807) is 19.2 Å². The van der Waals surface area contributed by atoms with Crippen molar-refractivity contribution in [1.82, 2.24) is 5.32 Å². The zero-order valence-corrected chi connectivity index (χ0v) is 16.8. The molecule has 0 aliphatic heterocycles. The molecule has 1 atom stereocenters. The van der Waals surface area contributed by atoms with Crippen molar-refractivity contribution in [3.63, 3.8) is 0 Å². The molecule has 2 aromatic rings. The molecule has 7 nitrogen and oxygen atoms in total. The monoisotopic (exact) mass is 392 g/mol. The van der Waals surface area contributed by atoms with Gasteiger partial charge in [0.25, 0.3) is 5.91 Å². The summed E-state index contributed by atoms with van der Waals surface area (Å²) in [4.78, 5) is 12.8. The average molecular weight is 392 g/mol. The largest absolute Gasteiger partial charge is 0.497 e. The van der Waals surface area contributed by atoms with Crippen molar-refractivity contribution in [2.75, 3.05) is 31.8 Å². The molecule has 0 spiro atoms. The molecule has 0 saturated carbocycles. The van der Waals surface area contributed by atoms with E-state index in [2.05, 4.69) is 5.32 Å². The van der Waals surface area contributed by atoms with Crippen LogP contribution in [0.5, 0.6) is 11.5 Å². The lowest BCUT2D eigenvalue weighted by atomic mass is 10.1. The predicted octanol–water partition coefficient (Wildman–Crippen LogP) is 2.59. The first-order valence-corrected chi connectivity index (χ1v) is 10.1. The van der Waals surface area contributed by atoms with Crippen molar-refractivity contribution >= 4 is 21.6 Å². The average Bonchev–Trinajstić information content (AvgIpc) is 2.66. The Morgan fingerprint density at radius 3 is 2.22 bits per heavy atom. The van der Waals surface area contributed by atoms with Crippen molar-refractivity contribution in [2.24, 2.45) is 0 Å². The van der Waals surface area contributed by atoms with Gasteiger partial charge in [0.2, 0.25) is 10.0 Å². The molecule has 1 amide bonds. The number of anilines is 1. The van der Waals surface area contributed by atoms with Crippen molar-refractivity contribution in [3.05, 3.63) is 53.6 Å². The molecule has 0 aliphatic rings. The Morgan fingerprint density at radius 1 is 1.07 bits per heavy atom. The van der Waals surface area contributed by atoms with Gasteiger partial charge in [-0.05, 0) is 42.8 Å². The normalized spacial score (nSPS) is 12.2. The zero-order valence-electron chi connectivity index (χ0n) is 16.0. The first-order chi connectivity index (χ1) is 12.7. The molecule has 146 valence electrons. The van der Waals surface area contributed by atoms with E-state index in [9.17, 15) is 13.2 Å². The molecule has 0 unspecified atom stereocenters. The SMILES string of the molecule is COc1ccc([C@H](C)NC(=O)c2cc(N(C)S(C)(=O)=O)ccc2OC)cc1. The van der Waals surface area contributed by atoms with Gasteiger partial charge < -0.3 is 14.8 Å². The Balaban J connectivity index is 2.27. The summed E-state index contributed by atoms with van der Waals surface area (Å²) in [7, 11) is 1.04. The molecule has 0 aromatic heterocycles. The van der Waals surface area contributed by atoms with Crippen molar-refractivity contribution in [1.29, 1.82) is 0 Å². The minimum atomic E-state index is -3.44. The van der Waals surface area contributed by atoms with Crippen LogP contribution in [-0.2, 0) is 10.0 Å². The molecular weight excluding hydrogens is 368 g/mol. The lowest BCUT2D eigenvalue weighted by Crippen LogP contribution is -2.28. The van der Waals surface area contributed by atoms with Gasteiger partial charge in [-0.3, -0.25) is 9.10 Å². The molecule has 27 heavy (non-hydrogen) atoms. The molecule has 2 aromatic carbocycles. The Morgan fingerprint density at radius 2 is 1.70 bits per heavy atom. The molecule has 0 radical (unpaired) electrons. The highest BCUT2D eigenvalue weighted by molar-refractivity contribution is 7.92. The number of carbonyl (C=O) groups excluding carboxylic acids is 1. The first-order valence-electron chi connectivity index (χ1n) is 8.24. The highest BCUT2D eigenvalue weighted by Gasteiger charge is 2.19. The number of hydrogen-bond donors (Lipinski definition) is 1. The fraction of sp³-hybridized carbons (Fsp3) is 0.316. The second kappa shape index (κ2) is 8.30. The molecule has 1 N–H and O–H groups in total. The molecule has 2 rings (SSSR count). The van der Waals surface area contributed by atoms with Crippen molar-refractivity contribution in [3.8, 4) is 11.5 Å². The number of sulfonamides is 1. The summed E-state index contributed by atoms with van der Waals surface area (Å²) in [6.07, 6.45) is 1.10. The fourth-order valence-electron chi connectivity index (χ4n) is 2.51. The molecule has 0 bridgehead atoms. The third kappa shape index (κ3) is 4.91. The minimum Gasteiger partial charge on any atom is -0.497 e. The van der Waals surface area contributed by atoms with E-state index in [4.69, 9.17) is 9.47 Å². The summed E-state index contributed by atoms with van der Waals surface area (Å²) in [5.41, 5.74) is 1.54. The molecule has 0 saturated heterocycles. The molecule has 0 heterocycles. The number of hydrogen-bond acceptors (Lipinski definition) is 5. The number of benzene rings is 2. The summed E-state index contributed by atoms with van der Waals surface area (Å²) < 4.78 is 35.0. The van der Waals surface area contributed by atoms with Crippen LogP contribution in [-0.4, -0.2) is 41.8 Å². The summed E-state index contributed by atoms with van der Waals surface area (Å²) in [5, 5.41) is 2.90. The molecule has 0 fully saturated rings. The van der Waals surface area contributed by atoms with Gasteiger partial charge in [0, 0.05) is 7.05 Å². The summed E-state index contributed by atoms with van der Waals surface area (Å²) in [6.45, 7) is 1.86. The summed E-state index contributed by atoms with van der Waals surface area (Å²) in [5.74, 6) is 0.731. The van der Waals surface area contributed by atoms with Crippen LogP contribution in [0, 0.1) is 0 Å². The van der Waals surface area contributed by atoms with Crippen LogP contribution in [0.1, 0.15) is 28.9 Å². The van der Waals surface area contributed by atoms with E-state index in [1.165, 1.54) is 20.2 Å². The lowest BCUT2D eigenvalue weighted by molar-refractivity contribution is 0.0937. The van der Waals surface area contributed by atoms with E-state index in [0.717, 1.165) is 21.9 Å². The van der Waals surface area contributed by atoms with Gasteiger partial charge in [-0.1, -0.05) is 12.1 Å². The van der Waals surface area contributed by atoms with Crippen LogP contribution >= 0.6 is 0 Å². The van der Waals surface area contributed by atoms with E-state index < -0.39 is 10.0 Å². The van der Waals surface area contributed by atoms with Gasteiger partial charge in [0.05, 0.1) is 37.8 Å². The molecule has 8 heteroatoms. The Bertz CT molecular complexity index is 910. The number of carbonyl (C=O) groups is 1. The smallest absolute Gasteiger partial charge is 0.255 e. The van der Waals surface area contributed by atoms with E-state index in [0.29, 0.717) is 11.4 Å². The van der Waals surface area contributed by atoms with Gasteiger partial charge >= 0.3 is 0 Å². The Hall–Kier alpha value is -2.74. The van der Waals surface area contributed by atoms with Gasteiger partial charge in [-0.15, -0.1) is 0 Å². The van der Waals surface area contributed by atoms with Crippen LogP contribution in [0.3, 0.4) is 0 Å². The maximum atomic E-state index is 12.8. The summed E-state index contributed by atoms with van der Waals surface area (Å²) in [6, 6.07) is 11.8. The second-order valence-corrected chi connectivity index (χ2v) is 8.10. The number of nitrogens with one attached hydrogen (secondary N) is 1. The third-order valence-corrected chi connectivity index (χ3v) is 5.46. The highest BCUT2D eigenvalue weighted by Crippen LogP contribution is 2.26. The maximum Gasteiger partial charge on any atom is 0.255 e. The van der Waals surface area contributed by atoms with E-state index in [-0.39, 0.29) is 17.5 Å². The lowest BCUT2D eigenvalue weighted by Gasteiger charge is -2.20. The number of rotatable bonds is 7. The van der Waals surface area contributed by atoms with Gasteiger partial charge in [0.15, 0.2) is 0 Å². The summed E-state index contributed by atoms with van der Waals surface area (Å²) >= 11 is 0. The zero-order chi connectivity index (χ0) is 20.2. The van der Waals surface area contributed by atoms with Crippen LogP contribution in [0.4, 0.5) is 5.69 Å². The number of amides is 1. The van der Waals surface area contributed by atoms with Crippen LogP contribution in [0.25, 0.3) is 0 Å². The van der Waals surface area contributed by atoms with E-state index >= 15 is 0 Å². The van der Waals surface area contributed by atoms with Crippen molar-refractivity contribution < 1.29 is 22.7 Å². The molecule has 0 aliphatic carbocycles. The fourth-order valence-corrected chi connectivity index (χ4v) is 3.01. The topological polar surface area (TPSA) is 84.9 Å². The first kappa shape index (κ1) is 20.6. The Kier molecular flexibility index (Phi) is 6.32. The van der Waals surface area contributed by atoms with Gasteiger partial charge in [-0.2, -0.15) is 0 Å². The second-order valence-electron chi connectivity index (χ2n) is 6.08.